The third-order valence-electron chi connectivity index (χ3n) is 1.90. The van der Waals surface area contributed by atoms with Gasteiger partial charge in [-0.15, -0.1) is 11.8 Å². The molecule has 102 valence electrons. The summed E-state index contributed by atoms with van der Waals surface area (Å²) >= 11 is 1.48. The average molecular weight is 293 g/mol. The lowest BCUT2D eigenvalue weighted by atomic mass is 10.3. The Morgan fingerprint density at radius 1 is 1.67 bits per heavy atom. The summed E-state index contributed by atoms with van der Waals surface area (Å²) in [6.45, 7) is -0.0812. The number of rotatable bonds is 4. The zero-order chi connectivity index (χ0) is 13.8. The smallest absolute Gasteiger partial charge is 0.246 e. The maximum absolute atomic E-state index is 11.7. The summed E-state index contributed by atoms with van der Waals surface area (Å²) < 4.78 is 23.7. The summed E-state index contributed by atoms with van der Waals surface area (Å²) in [6.07, 6.45) is 2.58. The summed E-state index contributed by atoms with van der Waals surface area (Å²) in [5.41, 5.74) is 11.0. The summed E-state index contributed by atoms with van der Waals surface area (Å²) in [5, 5.41) is 1.79. The molecule has 8 nitrogen and oxygen atoms in total. The molecule has 1 aliphatic heterocycles. The van der Waals surface area contributed by atoms with E-state index in [9.17, 15) is 13.2 Å². The maximum Gasteiger partial charge on any atom is 0.246 e. The van der Waals surface area contributed by atoms with Crippen LogP contribution >= 0.6 is 11.8 Å². The van der Waals surface area contributed by atoms with Crippen LogP contribution < -0.4 is 16.2 Å². The fraction of sp³-hybridized carbons (Fsp3) is 0.500. The van der Waals surface area contributed by atoms with E-state index in [2.05, 4.69) is 4.99 Å². The van der Waals surface area contributed by atoms with Crippen molar-refractivity contribution in [3.05, 3.63) is 11.6 Å². The van der Waals surface area contributed by atoms with E-state index >= 15 is 0 Å². The van der Waals surface area contributed by atoms with Crippen LogP contribution in [0.2, 0.25) is 0 Å². The molecule has 18 heavy (non-hydrogen) atoms. The molecule has 1 amide bonds. The van der Waals surface area contributed by atoms with Crippen molar-refractivity contribution in [1.29, 1.82) is 0 Å². The van der Waals surface area contributed by atoms with E-state index in [0.29, 0.717) is 5.88 Å². The number of nitrogens with two attached hydrogens (primary N) is 2. The molecule has 1 heterocycles. The Labute approximate surface area is 110 Å². The molecule has 0 aromatic heterocycles. The highest BCUT2D eigenvalue weighted by molar-refractivity contribution is 8.02. The average Bonchev–Trinajstić information content (AvgIpc) is 2.75. The monoisotopic (exact) mass is 293 g/mol. The fourth-order valence-corrected chi connectivity index (χ4v) is 2.27. The number of sulfonamides is 1. The van der Waals surface area contributed by atoms with Gasteiger partial charge in [-0.3, -0.25) is 14.5 Å². The van der Waals surface area contributed by atoms with Crippen LogP contribution in [0.25, 0.3) is 0 Å². The van der Waals surface area contributed by atoms with E-state index in [1.165, 1.54) is 16.7 Å². The molecule has 10 heteroatoms. The minimum absolute atomic E-state index is 0.0812. The van der Waals surface area contributed by atoms with Gasteiger partial charge in [-0.2, -0.15) is 0 Å². The Morgan fingerprint density at radius 3 is 2.83 bits per heavy atom. The third kappa shape index (κ3) is 4.94. The summed E-state index contributed by atoms with van der Waals surface area (Å²) in [7, 11) is -3.46. The van der Waals surface area contributed by atoms with E-state index in [4.69, 9.17) is 11.5 Å². The summed E-state index contributed by atoms with van der Waals surface area (Å²) in [5.74, 6) is -0.0490. The van der Waals surface area contributed by atoms with E-state index in [-0.39, 0.29) is 18.4 Å². The van der Waals surface area contributed by atoms with Gasteiger partial charge in [0.1, 0.15) is 6.04 Å². The van der Waals surface area contributed by atoms with Crippen molar-refractivity contribution in [2.75, 3.05) is 18.7 Å². The van der Waals surface area contributed by atoms with Crippen molar-refractivity contribution in [3.63, 3.8) is 0 Å². The summed E-state index contributed by atoms with van der Waals surface area (Å²) in [4.78, 5) is 16.9. The van der Waals surface area contributed by atoms with Gasteiger partial charge in [-0.05, 0) is 5.41 Å². The van der Waals surface area contributed by atoms with Gasteiger partial charge in [0.15, 0.2) is 0 Å². The van der Waals surface area contributed by atoms with Crippen molar-refractivity contribution < 1.29 is 13.2 Å². The quantitative estimate of drug-likeness (QED) is 0.413. The molecular formula is C8H15N5O3S2. The lowest BCUT2D eigenvalue weighted by Crippen LogP contribution is -2.43. The summed E-state index contributed by atoms with van der Waals surface area (Å²) in [6, 6.07) is -0.853. The number of amides is 1. The maximum atomic E-state index is 11.7. The van der Waals surface area contributed by atoms with E-state index in [1.54, 1.807) is 11.6 Å². The van der Waals surface area contributed by atoms with E-state index in [0.717, 1.165) is 6.26 Å². The normalized spacial score (nSPS) is 17.9. The highest BCUT2D eigenvalue weighted by Gasteiger charge is 2.21. The minimum Gasteiger partial charge on any atom is -0.369 e. The molecule has 0 saturated heterocycles. The molecule has 0 spiro atoms. The highest BCUT2D eigenvalue weighted by atomic mass is 32.2. The molecule has 0 fully saturated rings. The second-order valence-electron chi connectivity index (χ2n) is 3.60. The molecule has 1 atom stereocenters. The zero-order valence-electron chi connectivity index (χ0n) is 9.74. The van der Waals surface area contributed by atoms with Crippen molar-refractivity contribution in [1.82, 2.24) is 9.62 Å². The van der Waals surface area contributed by atoms with Crippen LogP contribution in [0.4, 0.5) is 0 Å². The number of carbonyl (C=O) groups excluding carboxylic acids is 1. The molecule has 0 radical (unpaired) electrons. The molecule has 0 aromatic rings. The number of hydrogen-bond donors (Lipinski definition) is 3. The van der Waals surface area contributed by atoms with Crippen molar-refractivity contribution in [2.45, 2.75) is 6.04 Å². The predicted octanol–water partition coefficient (Wildman–Crippen LogP) is -1.82. The number of guanidine groups is 1. The standard InChI is InChI=1S/C8H15N5O3S2/c1-18(15,16)12-8(10)11-4-6(9)7(14)13-2-3-17-5-13/h2-3,6H,4-5,9H2,1H3,(H3,10,11,12). The number of carbonyl (C=O) groups is 1. The molecule has 5 N–H and O–H groups in total. The minimum atomic E-state index is -3.46. The fourth-order valence-electron chi connectivity index (χ4n) is 1.13. The number of aliphatic imine (C=N–C) groups is 1. The molecule has 0 bridgehead atoms. The van der Waals surface area contributed by atoms with Gasteiger partial charge < -0.3 is 16.4 Å². The van der Waals surface area contributed by atoms with Crippen LogP contribution in [0, 0.1) is 0 Å². The van der Waals surface area contributed by atoms with Crippen LogP contribution in [0.5, 0.6) is 0 Å². The van der Waals surface area contributed by atoms with E-state index < -0.39 is 16.1 Å². The molecule has 1 unspecified atom stereocenters. The first kappa shape index (κ1) is 14.8. The zero-order valence-corrected chi connectivity index (χ0v) is 11.4. The molecule has 0 saturated carbocycles. The first-order chi connectivity index (χ1) is 8.29. The Bertz CT molecular complexity index is 473. The Hall–Kier alpha value is -1.26. The molecule has 0 aliphatic carbocycles. The van der Waals surface area contributed by atoms with Crippen LogP contribution in [-0.4, -0.2) is 49.9 Å². The van der Waals surface area contributed by atoms with Crippen LogP contribution in [0.1, 0.15) is 0 Å². The van der Waals surface area contributed by atoms with Crippen molar-refractivity contribution in [3.8, 4) is 0 Å². The SMILES string of the molecule is CS(=O)(=O)NC(N)=NCC(N)C(=O)N1C=CSC1. The first-order valence-electron chi connectivity index (χ1n) is 4.91. The Balaban J connectivity index is 2.49. The molecule has 1 aliphatic rings. The van der Waals surface area contributed by atoms with Gasteiger partial charge in [0, 0.05) is 6.20 Å². The van der Waals surface area contributed by atoms with Gasteiger partial charge in [-0.1, -0.05) is 0 Å². The van der Waals surface area contributed by atoms with Crippen molar-refractivity contribution in [2.24, 2.45) is 16.5 Å². The second kappa shape index (κ2) is 6.07. The van der Waals surface area contributed by atoms with Crippen LogP contribution in [0.3, 0.4) is 0 Å². The van der Waals surface area contributed by atoms with E-state index in [1.807, 2.05) is 4.72 Å². The lowest BCUT2D eigenvalue weighted by molar-refractivity contribution is -0.128. The molecule has 1 rings (SSSR count). The van der Waals surface area contributed by atoms with Gasteiger partial charge in [0.2, 0.25) is 21.9 Å². The van der Waals surface area contributed by atoms with Gasteiger partial charge in [0.05, 0.1) is 18.7 Å². The first-order valence-corrected chi connectivity index (χ1v) is 7.85. The Kier molecular flexibility index (Phi) is 4.99. The van der Waals surface area contributed by atoms with Crippen molar-refractivity contribution >= 4 is 33.7 Å². The molecular weight excluding hydrogens is 278 g/mol. The Morgan fingerprint density at radius 2 is 2.33 bits per heavy atom. The van der Waals surface area contributed by atoms with Gasteiger partial charge in [-0.25, -0.2) is 8.42 Å². The lowest BCUT2D eigenvalue weighted by Gasteiger charge is -2.16. The predicted molar refractivity (Wildman–Crippen MR) is 70.9 cm³/mol. The second-order valence-corrected chi connectivity index (χ2v) is 6.21. The number of nitrogens with zero attached hydrogens (tertiary/aromatic N) is 2. The van der Waals surface area contributed by atoms with Gasteiger partial charge >= 0.3 is 0 Å². The topological polar surface area (TPSA) is 131 Å². The number of nitrogens with one attached hydrogen (secondary N) is 1. The van der Waals surface area contributed by atoms with Crippen LogP contribution in [-0.2, 0) is 14.8 Å². The van der Waals surface area contributed by atoms with Crippen LogP contribution in [0.15, 0.2) is 16.6 Å². The highest BCUT2D eigenvalue weighted by Crippen LogP contribution is 2.15. The largest absolute Gasteiger partial charge is 0.369 e. The van der Waals surface area contributed by atoms with Gasteiger partial charge in [0.25, 0.3) is 0 Å². The number of thioether (sulfide) groups is 1. The molecule has 0 aromatic carbocycles. The number of hydrogen-bond acceptors (Lipinski definition) is 6. The third-order valence-corrected chi connectivity index (χ3v) is 3.22.